The van der Waals surface area contributed by atoms with Crippen LogP contribution in [-0.4, -0.2) is 12.6 Å². The van der Waals surface area contributed by atoms with Crippen LogP contribution in [0.3, 0.4) is 0 Å². The van der Waals surface area contributed by atoms with Gasteiger partial charge in [0, 0.05) is 6.04 Å². The lowest BCUT2D eigenvalue weighted by atomic mass is 9.70. The lowest BCUT2D eigenvalue weighted by molar-refractivity contribution is 0.161. The van der Waals surface area contributed by atoms with Crippen LogP contribution < -0.4 is 5.32 Å². The fraction of sp³-hybridized carbons (Fsp3) is 0.667. The summed E-state index contributed by atoms with van der Waals surface area (Å²) in [6.45, 7) is 7.82. The van der Waals surface area contributed by atoms with Gasteiger partial charge in [-0.3, -0.25) is 0 Å². The maximum Gasteiger partial charge on any atom is 0.142 e. The van der Waals surface area contributed by atoms with Gasteiger partial charge in [0.2, 0.25) is 0 Å². The molecular formula is C18H27ClFN. The Labute approximate surface area is 133 Å². The Kier molecular flexibility index (Phi) is 5.67. The SMILES string of the molecule is CCNC(Cc1ccc(Cl)c(F)c1)C1CCC(C)(C)CC1. The molecule has 0 saturated heterocycles. The minimum absolute atomic E-state index is 0.207. The second-order valence-corrected chi connectivity index (χ2v) is 7.53. The number of hydrogen-bond acceptors (Lipinski definition) is 1. The van der Waals surface area contributed by atoms with Gasteiger partial charge in [-0.15, -0.1) is 0 Å². The highest BCUT2D eigenvalue weighted by atomic mass is 35.5. The van der Waals surface area contributed by atoms with Gasteiger partial charge in [-0.05, 0) is 67.7 Å². The number of hydrogen-bond donors (Lipinski definition) is 1. The summed E-state index contributed by atoms with van der Waals surface area (Å²) in [7, 11) is 0. The highest BCUT2D eigenvalue weighted by Crippen LogP contribution is 2.39. The maximum atomic E-state index is 13.6. The third-order valence-electron chi connectivity index (χ3n) is 4.86. The molecule has 1 aliphatic rings. The molecule has 0 radical (unpaired) electrons. The van der Waals surface area contributed by atoms with Crippen molar-refractivity contribution >= 4 is 11.6 Å². The van der Waals surface area contributed by atoms with Gasteiger partial charge in [-0.25, -0.2) is 4.39 Å². The van der Waals surface area contributed by atoms with Crippen molar-refractivity contribution in [3.8, 4) is 0 Å². The largest absolute Gasteiger partial charge is 0.314 e. The molecule has 0 amide bonds. The summed E-state index contributed by atoms with van der Waals surface area (Å²) in [6.07, 6.45) is 5.98. The summed E-state index contributed by atoms with van der Waals surface area (Å²) in [6, 6.07) is 5.63. The first-order valence-electron chi connectivity index (χ1n) is 8.08. The summed E-state index contributed by atoms with van der Waals surface area (Å²) in [4.78, 5) is 0. The minimum atomic E-state index is -0.311. The number of halogens is 2. The lowest BCUT2D eigenvalue weighted by Crippen LogP contribution is -2.40. The molecule has 1 atom stereocenters. The zero-order valence-electron chi connectivity index (χ0n) is 13.4. The van der Waals surface area contributed by atoms with Crippen LogP contribution in [0.15, 0.2) is 18.2 Å². The van der Waals surface area contributed by atoms with Crippen molar-refractivity contribution < 1.29 is 4.39 Å². The molecule has 0 bridgehead atoms. The van der Waals surface area contributed by atoms with E-state index in [0.717, 1.165) is 18.5 Å². The Bertz CT molecular complexity index is 462. The van der Waals surface area contributed by atoms with Crippen LogP contribution in [0.1, 0.15) is 52.0 Å². The van der Waals surface area contributed by atoms with Crippen LogP contribution >= 0.6 is 11.6 Å². The molecule has 118 valence electrons. The van der Waals surface area contributed by atoms with Crippen LogP contribution in [-0.2, 0) is 6.42 Å². The number of likely N-dealkylation sites (N-methyl/N-ethyl adjacent to an activating group) is 1. The van der Waals surface area contributed by atoms with Crippen LogP contribution in [0.25, 0.3) is 0 Å². The minimum Gasteiger partial charge on any atom is -0.314 e. The van der Waals surface area contributed by atoms with Gasteiger partial charge < -0.3 is 5.32 Å². The summed E-state index contributed by atoms with van der Waals surface area (Å²) in [5, 5.41) is 3.81. The molecule has 1 aromatic rings. The van der Waals surface area contributed by atoms with Crippen molar-refractivity contribution in [2.24, 2.45) is 11.3 Å². The first-order chi connectivity index (χ1) is 9.91. The third-order valence-corrected chi connectivity index (χ3v) is 5.17. The Morgan fingerprint density at radius 1 is 1.33 bits per heavy atom. The highest BCUT2D eigenvalue weighted by molar-refractivity contribution is 6.30. The molecule has 1 saturated carbocycles. The van der Waals surface area contributed by atoms with E-state index in [1.807, 2.05) is 6.07 Å². The second-order valence-electron chi connectivity index (χ2n) is 7.12. The molecule has 0 aromatic heterocycles. The molecule has 21 heavy (non-hydrogen) atoms. The smallest absolute Gasteiger partial charge is 0.142 e. The molecule has 2 rings (SSSR count). The summed E-state index contributed by atoms with van der Waals surface area (Å²) in [5.74, 6) is 0.380. The van der Waals surface area contributed by atoms with Crippen LogP contribution in [0.4, 0.5) is 4.39 Å². The Morgan fingerprint density at radius 2 is 2.00 bits per heavy atom. The predicted octanol–water partition coefficient (Wildman–Crippen LogP) is 5.22. The van der Waals surface area contributed by atoms with Gasteiger partial charge in [0.25, 0.3) is 0 Å². The number of rotatable bonds is 5. The van der Waals surface area contributed by atoms with Crippen molar-refractivity contribution in [3.05, 3.63) is 34.6 Å². The lowest BCUT2D eigenvalue weighted by Gasteiger charge is -2.38. The molecular weight excluding hydrogens is 285 g/mol. The van der Waals surface area contributed by atoms with Crippen LogP contribution in [0.5, 0.6) is 0 Å². The van der Waals surface area contributed by atoms with Crippen molar-refractivity contribution in [1.82, 2.24) is 5.32 Å². The molecule has 1 fully saturated rings. The number of nitrogens with one attached hydrogen (secondary N) is 1. The van der Waals surface area contributed by atoms with E-state index < -0.39 is 0 Å². The van der Waals surface area contributed by atoms with Gasteiger partial charge in [0.05, 0.1) is 5.02 Å². The molecule has 0 spiro atoms. The van der Waals surface area contributed by atoms with E-state index in [1.165, 1.54) is 25.7 Å². The molecule has 0 aliphatic heterocycles. The molecule has 1 aromatic carbocycles. The summed E-state index contributed by atoms with van der Waals surface area (Å²) >= 11 is 5.77. The fourth-order valence-electron chi connectivity index (χ4n) is 3.41. The van der Waals surface area contributed by atoms with E-state index in [-0.39, 0.29) is 10.8 Å². The third kappa shape index (κ3) is 4.69. The van der Waals surface area contributed by atoms with Gasteiger partial charge in [-0.2, -0.15) is 0 Å². The average molecular weight is 312 g/mol. The maximum absolute atomic E-state index is 13.6. The highest BCUT2D eigenvalue weighted by Gasteiger charge is 2.31. The van der Waals surface area contributed by atoms with E-state index >= 15 is 0 Å². The van der Waals surface area contributed by atoms with Gasteiger partial charge in [-0.1, -0.05) is 38.4 Å². The predicted molar refractivity (Wildman–Crippen MR) is 88.3 cm³/mol. The monoisotopic (exact) mass is 311 g/mol. The van der Waals surface area contributed by atoms with Crippen LogP contribution in [0.2, 0.25) is 5.02 Å². The van der Waals surface area contributed by atoms with Gasteiger partial charge in [0.15, 0.2) is 0 Å². The van der Waals surface area contributed by atoms with Crippen molar-refractivity contribution in [1.29, 1.82) is 0 Å². The Balaban J connectivity index is 2.03. The molecule has 1 unspecified atom stereocenters. The standard InChI is InChI=1S/C18H27ClFN/c1-4-21-17(14-7-9-18(2,3)10-8-14)12-13-5-6-15(19)16(20)11-13/h5-6,11,14,17,21H,4,7-10,12H2,1-3H3. The molecule has 3 heteroatoms. The van der Waals surface area contributed by atoms with Crippen molar-refractivity contribution in [2.45, 2.75) is 58.9 Å². The van der Waals surface area contributed by atoms with Crippen LogP contribution in [0, 0.1) is 17.2 Å². The van der Waals surface area contributed by atoms with Crippen molar-refractivity contribution in [3.63, 3.8) is 0 Å². The Morgan fingerprint density at radius 3 is 2.57 bits per heavy atom. The van der Waals surface area contributed by atoms with E-state index in [4.69, 9.17) is 11.6 Å². The molecule has 1 N–H and O–H groups in total. The summed E-state index contributed by atoms with van der Waals surface area (Å²) in [5.41, 5.74) is 1.52. The zero-order chi connectivity index (χ0) is 15.5. The van der Waals surface area contributed by atoms with E-state index in [9.17, 15) is 4.39 Å². The van der Waals surface area contributed by atoms with E-state index in [0.29, 0.717) is 17.4 Å². The normalized spacial score (nSPS) is 20.4. The van der Waals surface area contributed by atoms with Crippen molar-refractivity contribution in [2.75, 3.05) is 6.54 Å². The molecule has 1 nitrogen and oxygen atoms in total. The fourth-order valence-corrected chi connectivity index (χ4v) is 3.53. The topological polar surface area (TPSA) is 12.0 Å². The van der Waals surface area contributed by atoms with Gasteiger partial charge in [0.1, 0.15) is 5.82 Å². The van der Waals surface area contributed by atoms with Gasteiger partial charge >= 0.3 is 0 Å². The zero-order valence-corrected chi connectivity index (χ0v) is 14.1. The first kappa shape index (κ1) is 16.8. The average Bonchev–Trinajstić information content (AvgIpc) is 2.42. The van der Waals surface area contributed by atoms with E-state index in [1.54, 1.807) is 12.1 Å². The van der Waals surface area contributed by atoms with E-state index in [2.05, 4.69) is 26.1 Å². The summed E-state index contributed by atoms with van der Waals surface area (Å²) < 4.78 is 13.6. The Hall–Kier alpha value is -0.600. The second kappa shape index (κ2) is 7.11. The first-order valence-corrected chi connectivity index (χ1v) is 8.46. The molecule has 0 heterocycles. The quantitative estimate of drug-likeness (QED) is 0.786. The molecule has 1 aliphatic carbocycles. The number of benzene rings is 1.